The van der Waals surface area contributed by atoms with Gasteiger partial charge in [-0.3, -0.25) is 14.0 Å². The lowest BCUT2D eigenvalue weighted by Gasteiger charge is -2.10. The molecule has 1 amide bonds. The van der Waals surface area contributed by atoms with Crippen LogP contribution in [0.25, 0.3) is 16.9 Å². The second kappa shape index (κ2) is 8.75. The zero-order valence-corrected chi connectivity index (χ0v) is 17.7. The van der Waals surface area contributed by atoms with Gasteiger partial charge < -0.3 is 0 Å². The summed E-state index contributed by atoms with van der Waals surface area (Å²) in [4.78, 5) is 16.7. The summed E-state index contributed by atoms with van der Waals surface area (Å²) in [6.07, 6.45) is 5.61. The van der Waals surface area contributed by atoms with Crippen molar-refractivity contribution in [1.82, 2.24) is 28.8 Å². The van der Waals surface area contributed by atoms with E-state index in [1.54, 1.807) is 10.9 Å². The van der Waals surface area contributed by atoms with Gasteiger partial charge in [0.15, 0.2) is 0 Å². The average Bonchev–Trinajstić information content (AvgIpc) is 3.19. The van der Waals surface area contributed by atoms with Crippen LogP contribution in [0, 0.1) is 6.92 Å². The Morgan fingerprint density at radius 1 is 1.28 bits per heavy atom. The fraction of sp³-hybridized carbons (Fsp3) is 0.421. The maximum absolute atomic E-state index is 12.2. The minimum Gasteiger partial charge on any atom is -0.285 e. The Hall–Kier alpha value is -2.72. The second-order valence-electron chi connectivity index (χ2n) is 6.89. The van der Waals surface area contributed by atoms with E-state index in [2.05, 4.69) is 19.5 Å². The lowest BCUT2D eigenvalue weighted by Crippen LogP contribution is -2.40. The topological polar surface area (TPSA) is 111 Å². The molecule has 156 valence electrons. The van der Waals surface area contributed by atoms with E-state index in [-0.39, 0.29) is 6.42 Å². The Bertz CT molecular complexity index is 1120. The summed E-state index contributed by atoms with van der Waals surface area (Å²) in [7, 11) is -1.99. The molecule has 0 aliphatic heterocycles. The Kier molecular flexibility index (Phi) is 6.33. The number of fused-ring (bicyclic) bond motifs is 1. The molecule has 3 aromatic heterocycles. The number of carbonyl (C=O) groups excluding carboxylic acids is 1. The molecule has 2 N–H and O–H groups in total. The van der Waals surface area contributed by atoms with Crippen LogP contribution in [0.15, 0.2) is 30.6 Å². The van der Waals surface area contributed by atoms with Gasteiger partial charge in [-0.1, -0.05) is 13.3 Å². The molecule has 3 rings (SSSR count). The first-order valence-corrected chi connectivity index (χ1v) is 11.1. The van der Waals surface area contributed by atoms with Gasteiger partial charge in [0, 0.05) is 43.4 Å². The number of unbranched alkanes of at least 4 members (excludes halogenated alkanes) is 1. The zero-order chi connectivity index (χ0) is 21.0. The first kappa shape index (κ1) is 21.0. The van der Waals surface area contributed by atoms with E-state index in [0.717, 1.165) is 34.5 Å². The van der Waals surface area contributed by atoms with Gasteiger partial charge in [-0.05, 0) is 38.0 Å². The number of pyridine rings is 1. The summed E-state index contributed by atoms with van der Waals surface area (Å²) >= 11 is 0. The summed E-state index contributed by atoms with van der Waals surface area (Å²) in [5.74, 6) is 0.256. The van der Waals surface area contributed by atoms with Crippen LogP contribution in [0.1, 0.15) is 37.4 Å². The highest BCUT2D eigenvalue weighted by atomic mass is 32.2. The minimum atomic E-state index is -3.83. The number of carbonyl (C=O) groups is 1. The number of amides is 1. The van der Waals surface area contributed by atoms with E-state index in [9.17, 15) is 13.2 Å². The molecule has 0 aromatic carbocycles. The highest BCUT2D eigenvalue weighted by Gasteiger charge is 2.19. The van der Waals surface area contributed by atoms with Crippen LogP contribution in [0.3, 0.4) is 0 Å². The largest absolute Gasteiger partial charge is 0.301 e. The van der Waals surface area contributed by atoms with Crippen molar-refractivity contribution in [2.24, 2.45) is 7.05 Å². The van der Waals surface area contributed by atoms with Crippen molar-refractivity contribution in [2.45, 2.75) is 39.5 Å². The quantitative estimate of drug-likeness (QED) is 0.514. The maximum Gasteiger partial charge on any atom is 0.301 e. The van der Waals surface area contributed by atoms with E-state index in [0.29, 0.717) is 19.4 Å². The van der Waals surface area contributed by atoms with Crippen molar-refractivity contribution >= 4 is 27.1 Å². The van der Waals surface area contributed by atoms with E-state index in [1.165, 1.54) is 0 Å². The molecule has 3 heterocycles. The number of rotatable bonds is 9. The highest BCUT2D eigenvalue weighted by molar-refractivity contribution is 7.88. The Morgan fingerprint density at radius 3 is 2.83 bits per heavy atom. The van der Waals surface area contributed by atoms with Crippen molar-refractivity contribution in [3.63, 3.8) is 0 Å². The Morgan fingerprint density at radius 2 is 2.07 bits per heavy atom. The fourth-order valence-corrected chi connectivity index (χ4v) is 4.17. The predicted molar refractivity (Wildman–Crippen MR) is 111 cm³/mol. The molecule has 9 nitrogen and oxygen atoms in total. The molecule has 0 aliphatic carbocycles. The highest BCUT2D eigenvalue weighted by Crippen LogP contribution is 2.24. The summed E-state index contributed by atoms with van der Waals surface area (Å²) < 4.78 is 32.0. The molecular weight excluding hydrogens is 392 g/mol. The number of nitrogens with one attached hydrogen (secondary N) is 2. The fourth-order valence-electron chi connectivity index (χ4n) is 3.28. The standard InChI is InChI=1S/C19H26N6O3S/c1-4-5-12-21-29(27,28)23-17(26)9-8-16-14(2)22-24(3)19(16)25-13-10-15-7-6-11-20-18(15)25/h6-7,10-11,13,21H,4-5,8-9,12H2,1-3H3,(H,23,26). The van der Waals surface area contributed by atoms with E-state index in [4.69, 9.17) is 0 Å². The second-order valence-corrected chi connectivity index (χ2v) is 8.39. The first-order valence-electron chi connectivity index (χ1n) is 9.57. The predicted octanol–water partition coefficient (Wildman–Crippen LogP) is 1.75. The smallest absolute Gasteiger partial charge is 0.285 e. The lowest BCUT2D eigenvalue weighted by molar-refractivity contribution is -0.119. The maximum atomic E-state index is 12.2. The molecular formula is C19H26N6O3S. The van der Waals surface area contributed by atoms with Gasteiger partial charge in [0.05, 0.1) is 5.69 Å². The van der Waals surface area contributed by atoms with Crippen LogP contribution < -0.4 is 9.44 Å². The van der Waals surface area contributed by atoms with Crippen LogP contribution in [0.5, 0.6) is 0 Å². The average molecular weight is 419 g/mol. The van der Waals surface area contributed by atoms with Gasteiger partial charge in [-0.25, -0.2) is 9.71 Å². The molecule has 0 atom stereocenters. The molecule has 0 fully saturated rings. The number of nitrogens with zero attached hydrogens (tertiary/aromatic N) is 4. The van der Waals surface area contributed by atoms with Crippen molar-refractivity contribution in [1.29, 1.82) is 0 Å². The van der Waals surface area contributed by atoms with Crippen LogP contribution in [-0.4, -0.2) is 40.2 Å². The number of aromatic nitrogens is 4. The minimum absolute atomic E-state index is 0.0286. The van der Waals surface area contributed by atoms with Crippen LogP contribution in [0.4, 0.5) is 0 Å². The van der Waals surface area contributed by atoms with E-state index in [1.807, 2.05) is 49.9 Å². The summed E-state index contributed by atoms with van der Waals surface area (Å²) in [5.41, 5.74) is 2.46. The van der Waals surface area contributed by atoms with Gasteiger partial charge >= 0.3 is 10.2 Å². The van der Waals surface area contributed by atoms with Gasteiger partial charge in [-0.2, -0.15) is 18.2 Å². The normalized spacial score (nSPS) is 11.8. The molecule has 0 bridgehead atoms. The van der Waals surface area contributed by atoms with Gasteiger partial charge in [0.1, 0.15) is 11.5 Å². The zero-order valence-electron chi connectivity index (χ0n) is 16.8. The van der Waals surface area contributed by atoms with Gasteiger partial charge in [-0.15, -0.1) is 0 Å². The Balaban J connectivity index is 1.76. The number of hydrogen-bond acceptors (Lipinski definition) is 5. The van der Waals surface area contributed by atoms with Crippen molar-refractivity contribution in [3.05, 3.63) is 41.9 Å². The van der Waals surface area contributed by atoms with Crippen LogP contribution >= 0.6 is 0 Å². The first-order chi connectivity index (χ1) is 13.8. The van der Waals surface area contributed by atoms with Crippen LogP contribution in [-0.2, 0) is 28.5 Å². The summed E-state index contributed by atoms with van der Waals surface area (Å²) in [5, 5.41) is 5.48. The molecule has 0 saturated heterocycles. The molecule has 3 aromatic rings. The Labute approximate surface area is 170 Å². The molecule has 29 heavy (non-hydrogen) atoms. The molecule has 0 radical (unpaired) electrons. The third-order valence-corrected chi connectivity index (χ3v) is 5.74. The number of aryl methyl sites for hydroxylation is 2. The SMILES string of the molecule is CCCCNS(=O)(=O)NC(=O)CCc1c(C)nn(C)c1-n1ccc2cccnc21. The van der Waals surface area contributed by atoms with Crippen molar-refractivity contribution in [3.8, 4) is 5.82 Å². The van der Waals surface area contributed by atoms with Crippen LogP contribution in [0.2, 0.25) is 0 Å². The number of hydrogen-bond donors (Lipinski definition) is 2. The molecule has 0 aliphatic rings. The lowest BCUT2D eigenvalue weighted by atomic mass is 10.1. The third kappa shape index (κ3) is 4.83. The third-order valence-electron chi connectivity index (χ3n) is 4.66. The van der Waals surface area contributed by atoms with E-state index >= 15 is 0 Å². The molecule has 0 saturated carbocycles. The molecule has 10 heteroatoms. The van der Waals surface area contributed by atoms with Crippen molar-refractivity contribution in [2.75, 3.05) is 6.54 Å². The van der Waals surface area contributed by atoms with E-state index < -0.39 is 16.1 Å². The molecule has 0 spiro atoms. The van der Waals surface area contributed by atoms with Crippen molar-refractivity contribution < 1.29 is 13.2 Å². The summed E-state index contributed by atoms with van der Waals surface area (Å²) in [6.45, 7) is 4.14. The summed E-state index contributed by atoms with van der Waals surface area (Å²) in [6, 6.07) is 5.82. The monoisotopic (exact) mass is 418 g/mol. The molecule has 0 unspecified atom stereocenters. The van der Waals surface area contributed by atoms with Gasteiger partial charge in [0.2, 0.25) is 5.91 Å². The van der Waals surface area contributed by atoms with Gasteiger partial charge in [0.25, 0.3) is 0 Å².